The Morgan fingerprint density at radius 2 is 1.35 bits per heavy atom. The molecule has 0 atom stereocenters. The van der Waals surface area contributed by atoms with Crippen molar-refractivity contribution in [3.05, 3.63) is 84.3 Å². The first-order valence-electron chi connectivity index (χ1n) is 8.00. The average Bonchev–Trinajstić information content (AvgIpc) is 3.08. The van der Waals surface area contributed by atoms with Gasteiger partial charge in [-0.15, -0.1) is 0 Å². The highest BCUT2D eigenvalue weighted by Crippen LogP contribution is 2.21. The van der Waals surface area contributed by atoms with Gasteiger partial charge in [0.25, 0.3) is 0 Å². The van der Waals surface area contributed by atoms with Crippen molar-refractivity contribution >= 4 is 28.6 Å². The number of carbonyl (C=O) groups is 1. The van der Waals surface area contributed by atoms with Gasteiger partial charge in [0, 0.05) is 28.5 Å². The second kappa shape index (κ2) is 7.53. The summed E-state index contributed by atoms with van der Waals surface area (Å²) in [5.74, 6) is -0.333. The van der Waals surface area contributed by atoms with E-state index in [1.165, 1.54) is 12.3 Å². The molecule has 1 heterocycles. The van der Waals surface area contributed by atoms with Gasteiger partial charge in [-0.25, -0.2) is 4.39 Å². The number of anilines is 2. The zero-order valence-electron chi connectivity index (χ0n) is 13.9. The van der Waals surface area contributed by atoms with Crippen LogP contribution in [0.3, 0.4) is 0 Å². The summed E-state index contributed by atoms with van der Waals surface area (Å²) in [6.07, 6.45) is 2.21. The topological polar surface area (TPSA) is 84.9 Å². The molecule has 0 bridgehead atoms. The Hall–Kier alpha value is -3.60. The number of nitrogens with one attached hydrogen (secondary N) is 1. The summed E-state index contributed by atoms with van der Waals surface area (Å²) in [6, 6.07) is 20.2. The van der Waals surface area contributed by atoms with Crippen LogP contribution in [0, 0.1) is 5.82 Å². The van der Waals surface area contributed by atoms with Crippen molar-refractivity contribution in [2.24, 2.45) is 0 Å². The molecule has 4 nitrogen and oxygen atoms in total. The predicted octanol–water partition coefficient (Wildman–Crippen LogP) is 4.64. The first-order valence-corrected chi connectivity index (χ1v) is 8.00. The molecule has 0 radical (unpaired) electrons. The summed E-state index contributed by atoms with van der Waals surface area (Å²) in [4.78, 5) is 13.2. The normalized spacial score (nSPS) is 10.2. The summed E-state index contributed by atoms with van der Waals surface area (Å²) in [5.41, 5.74) is 16.0. The fourth-order valence-electron chi connectivity index (χ4n) is 2.59. The maximum atomic E-state index is 13.0. The van der Waals surface area contributed by atoms with Gasteiger partial charge in [0.1, 0.15) is 5.82 Å². The van der Waals surface area contributed by atoms with Crippen molar-refractivity contribution in [3.8, 4) is 11.1 Å². The van der Waals surface area contributed by atoms with Gasteiger partial charge in [-0.1, -0.05) is 36.4 Å². The summed E-state index contributed by atoms with van der Waals surface area (Å²) in [5, 5.41) is 0.630. The zero-order valence-corrected chi connectivity index (χ0v) is 13.9. The number of hydrogen-bond acceptors (Lipinski definition) is 3. The van der Waals surface area contributed by atoms with Crippen molar-refractivity contribution in [1.82, 2.24) is 4.98 Å². The SMILES string of the molecule is Nc1ccc(-c2ccc(N)cc2)cc1.O=Cc1c[nH]c2c(F)cccc12. The van der Waals surface area contributed by atoms with Crippen LogP contribution < -0.4 is 11.5 Å². The lowest BCUT2D eigenvalue weighted by Crippen LogP contribution is -1.85. The van der Waals surface area contributed by atoms with Gasteiger partial charge >= 0.3 is 0 Å². The van der Waals surface area contributed by atoms with Crippen LogP contribution in [-0.4, -0.2) is 11.3 Å². The third kappa shape index (κ3) is 3.72. The summed E-state index contributed by atoms with van der Waals surface area (Å²) in [7, 11) is 0. The lowest BCUT2D eigenvalue weighted by molar-refractivity contribution is 0.112. The Labute approximate surface area is 150 Å². The van der Waals surface area contributed by atoms with Crippen LogP contribution in [0.4, 0.5) is 15.8 Å². The number of aromatic nitrogens is 1. The van der Waals surface area contributed by atoms with Gasteiger partial charge in [0.2, 0.25) is 0 Å². The molecule has 0 amide bonds. The number of aldehydes is 1. The van der Waals surface area contributed by atoms with E-state index in [1.807, 2.05) is 48.5 Å². The predicted molar refractivity (Wildman–Crippen MR) is 104 cm³/mol. The third-order valence-electron chi connectivity index (χ3n) is 3.98. The molecular weight excluding hydrogens is 329 g/mol. The molecule has 26 heavy (non-hydrogen) atoms. The molecule has 3 aromatic carbocycles. The fourth-order valence-corrected chi connectivity index (χ4v) is 2.59. The van der Waals surface area contributed by atoms with Gasteiger partial charge in [0.15, 0.2) is 6.29 Å². The second-order valence-electron chi connectivity index (χ2n) is 5.77. The Morgan fingerprint density at radius 3 is 1.85 bits per heavy atom. The van der Waals surface area contributed by atoms with Crippen molar-refractivity contribution in [2.45, 2.75) is 0 Å². The first kappa shape index (κ1) is 17.2. The van der Waals surface area contributed by atoms with Gasteiger partial charge in [-0.3, -0.25) is 4.79 Å². The Balaban J connectivity index is 0.000000152. The molecule has 5 N–H and O–H groups in total. The second-order valence-corrected chi connectivity index (χ2v) is 5.77. The van der Waals surface area contributed by atoms with E-state index < -0.39 is 0 Å². The standard InChI is InChI=1S/C12H12N2.C9H6FNO/c13-11-5-1-9(2-6-11)10-3-7-12(14)8-4-10;10-8-3-1-2-7-6(5-12)4-11-9(7)8/h1-8H,13-14H2;1-5,11H. The monoisotopic (exact) mass is 347 g/mol. The van der Waals surface area contributed by atoms with Crippen LogP contribution >= 0.6 is 0 Å². The smallest absolute Gasteiger partial charge is 0.152 e. The number of hydrogen-bond donors (Lipinski definition) is 3. The number of halogens is 1. The minimum atomic E-state index is -0.333. The molecule has 0 saturated heterocycles. The molecule has 4 rings (SSSR count). The first-order chi connectivity index (χ1) is 12.6. The van der Waals surface area contributed by atoms with Gasteiger partial charge in [-0.05, 0) is 41.5 Å². The van der Waals surface area contributed by atoms with E-state index in [2.05, 4.69) is 4.98 Å². The Bertz CT molecular complexity index is 978. The number of fused-ring (bicyclic) bond motifs is 1. The van der Waals surface area contributed by atoms with Gasteiger partial charge in [0.05, 0.1) is 5.52 Å². The molecule has 5 heteroatoms. The number of carbonyl (C=O) groups excluding carboxylic acids is 1. The van der Waals surface area contributed by atoms with Crippen LogP contribution in [-0.2, 0) is 0 Å². The molecule has 0 unspecified atom stereocenters. The zero-order chi connectivity index (χ0) is 18.5. The number of rotatable bonds is 2. The van der Waals surface area contributed by atoms with Crippen LogP contribution in [0.25, 0.3) is 22.0 Å². The highest BCUT2D eigenvalue weighted by molar-refractivity contribution is 5.97. The Morgan fingerprint density at radius 1 is 0.808 bits per heavy atom. The van der Waals surface area contributed by atoms with Crippen molar-refractivity contribution in [3.63, 3.8) is 0 Å². The largest absolute Gasteiger partial charge is 0.399 e. The van der Waals surface area contributed by atoms with E-state index >= 15 is 0 Å². The average molecular weight is 347 g/mol. The molecule has 0 aliphatic rings. The maximum Gasteiger partial charge on any atom is 0.152 e. The van der Waals surface area contributed by atoms with Crippen LogP contribution in [0.5, 0.6) is 0 Å². The van der Waals surface area contributed by atoms with E-state index in [-0.39, 0.29) is 5.82 Å². The molecule has 0 aliphatic heterocycles. The summed E-state index contributed by atoms with van der Waals surface area (Å²) >= 11 is 0. The third-order valence-corrected chi connectivity index (χ3v) is 3.98. The molecule has 0 fully saturated rings. The minimum absolute atomic E-state index is 0.333. The van der Waals surface area contributed by atoms with Gasteiger partial charge in [-0.2, -0.15) is 0 Å². The molecular formula is C21H18FN3O. The molecule has 0 spiro atoms. The van der Waals surface area contributed by atoms with Crippen molar-refractivity contribution < 1.29 is 9.18 Å². The van der Waals surface area contributed by atoms with Crippen LogP contribution in [0.1, 0.15) is 10.4 Å². The number of H-pyrrole nitrogens is 1. The number of nitrogens with two attached hydrogens (primary N) is 2. The number of para-hydroxylation sites is 1. The van der Waals surface area contributed by atoms with E-state index in [9.17, 15) is 9.18 Å². The fraction of sp³-hybridized carbons (Fsp3) is 0. The van der Waals surface area contributed by atoms with E-state index in [1.54, 1.807) is 12.1 Å². The minimum Gasteiger partial charge on any atom is -0.399 e. The van der Waals surface area contributed by atoms with Gasteiger partial charge < -0.3 is 16.5 Å². The number of aromatic amines is 1. The lowest BCUT2D eigenvalue weighted by atomic mass is 10.1. The maximum absolute atomic E-state index is 13.0. The number of nitrogen functional groups attached to an aromatic ring is 2. The van der Waals surface area contributed by atoms with Crippen LogP contribution in [0.15, 0.2) is 72.9 Å². The van der Waals surface area contributed by atoms with E-state index in [0.29, 0.717) is 22.8 Å². The molecule has 0 saturated carbocycles. The van der Waals surface area contributed by atoms with E-state index in [4.69, 9.17) is 11.5 Å². The summed E-state index contributed by atoms with van der Waals surface area (Å²) in [6.45, 7) is 0. The molecule has 1 aromatic heterocycles. The highest BCUT2D eigenvalue weighted by Gasteiger charge is 2.04. The molecule has 4 aromatic rings. The quantitative estimate of drug-likeness (QED) is 0.365. The lowest BCUT2D eigenvalue weighted by Gasteiger charge is -2.02. The summed E-state index contributed by atoms with van der Waals surface area (Å²) < 4.78 is 13.0. The highest BCUT2D eigenvalue weighted by atomic mass is 19.1. The molecule has 0 aliphatic carbocycles. The van der Waals surface area contributed by atoms with Crippen molar-refractivity contribution in [1.29, 1.82) is 0 Å². The van der Waals surface area contributed by atoms with E-state index in [0.717, 1.165) is 22.5 Å². The van der Waals surface area contributed by atoms with Crippen LogP contribution in [0.2, 0.25) is 0 Å². The van der Waals surface area contributed by atoms with Crippen molar-refractivity contribution in [2.75, 3.05) is 11.5 Å². The molecule has 130 valence electrons. The Kier molecular flexibility index (Phi) is 4.99. The number of benzene rings is 3.